The van der Waals surface area contributed by atoms with Crippen LogP contribution in [0.5, 0.6) is 11.5 Å². The van der Waals surface area contributed by atoms with Crippen molar-refractivity contribution in [3.05, 3.63) is 41.2 Å². The molecule has 146 valence electrons. The molecule has 0 saturated carbocycles. The van der Waals surface area contributed by atoms with Crippen LogP contribution in [0, 0.1) is 0 Å². The van der Waals surface area contributed by atoms with Crippen LogP contribution < -0.4 is 20.1 Å². The summed E-state index contributed by atoms with van der Waals surface area (Å²) >= 11 is 0. The number of aliphatic imine (C=N–C) groups is 1. The van der Waals surface area contributed by atoms with Gasteiger partial charge in [-0.25, -0.2) is 0 Å². The predicted molar refractivity (Wildman–Crippen MR) is 92.7 cm³/mol. The SMILES string of the molecule is CN=C(NCCc1ccc2c(c1)OCO2)NCc1cn(C)nc1C(F)(F)F. The Kier molecular flexibility index (Phi) is 5.43. The first-order valence-electron chi connectivity index (χ1n) is 8.29. The number of fused-ring (bicyclic) bond motifs is 1. The van der Waals surface area contributed by atoms with E-state index < -0.39 is 11.9 Å². The number of rotatable bonds is 5. The number of benzene rings is 1. The summed E-state index contributed by atoms with van der Waals surface area (Å²) in [6.07, 6.45) is -2.46. The Morgan fingerprint density at radius 2 is 2.04 bits per heavy atom. The first-order valence-corrected chi connectivity index (χ1v) is 8.29. The van der Waals surface area contributed by atoms with E-state index in [1.165, 1.54) is 13.2 Å². The number of aromatic nitrogens is 2. The van der Waals surface area contributed by atoms with Crippen LogP contribution >= 0.6 is 0 Å². The molecule has 0 fully saturated rings. The number of alkyl halides is 3. The molecule has 2 aromatic rings. The molecule has 0 saturated heterocycles. The van der Waals surface area contributed by atoms with Crippen molar-refractivity contribution in [3.8, 4) is 11.5 Å². The molecule has 27 heavy (non-hydrogen) atoms. The van der Waals surface area contributed by atoms with Crippen molar-refractivity contribution in [1.29, 1.82) is 0 Å². The highest BCUT2D eigenvalue weighted by Crippen LogP contribution is 2.32. The third kappa shape index (κ3) is 4.63. The lowest BCUT2D eigenvalue weighted by molar-refractivity contribution is -0.142. The number of nitrogens with zero attached hydrogens (tertiary/aromatic N) is 3. The van der Waals surface area contributed by atoms with Gasteiger partial charge < -0.3 is 20.1 Å². The van der Waals surface area contributed by atoms with E-state index in [1.807, 2.05) is 18.2 Å². The van der Waals surface area contributed by atoms with E-state index in [0.29, 0.717) is 24.7 Å². The molecule has 0 aliphatic carbocycles. The quantitative estimate of drug-likeness (QED) is 0.611. The zero-order valence-corrected chi connectivity index (χ0v) is 14.9. The minimum atomic E-state index is -4.49. The van der Waals surface area contributed by atoms with Gasteiger partial charge in [-0.3, -0.25) is 9.67 Å². The summed E-state index contributed by atoms with van der Waals surface area (Å²) in [6, 6.07) is 5.70. The van der Waals surface area contributed by atoms with Gasteiger partial charge in [0.25, 0.3) is 0 Å². The highest BCUT2D eigenvalue weighted by Gasteiger charge is 2.36. The summed E-state index contributed by atoms with van der Waals surface area (Å²) < 4.78 is 50.7. The molecule has 1 aliphatic rings. The van der Waals surface area contributed by atoms with Gasteiger partial charge in [0, 0.05) is 38.9 Å². The molecule has 0 radical (unpaired) electrons. The summed E-state index contributed by atoms with van der Waals surface area (Å²) in [7, 11) is 3.01. The largest absolute Gasteiger partial charge is 0.454 e. The van der Waals surface area contributed by atoms with E-state index in [2.05, 4.69) is 20.7 Å². The summed E-state index contributed by atoms with van der Waals surface area (Å²) in [4.78, 5) is 4.03. The molecule has 1 aromatic heterocycles. The predicted octanol–water partition coefficient (Wildman–Crippen LogP) is 2.08. The fraction of sp³-hybridized carbons (Fsp3) is 0.412. The smallest absolute Gasteiger partial charge is 0.435 e. The van der Waals surface area contributed by atoms with Gasteiger partial charge in [-0.15, -0.1) is 0 Å². The van der Waals surface area contributed by atoms with Crippen molar-refractivity contribution in [2.75, 3.05) is 20.4 Å². The molecule has 2 heterocycles. The molecule has 1 aliphatic heterocycles. The van der Waals surface area contributed by atoms with E-state index in [0.717, 1.165) is 16.0 Å². The zero-order valence-electron chi connectivity index (χ0n) is 14.9. The lowest BCUT2D eigenvalue weighted by Gasteiger charge is -2.12. The minimum absolute atomic E-state index is 0.0353. The lowest BCUT2D eigenvalue weighted by atomic mass is 10.1. The van der Waals surface area contributed by atoms with Gasteiger partial charge >= 0.3 is 6.18 Å². The van der Waals surface area contributed by atoms with Crippen LogP contribution in [-0.2, 0) is 26.2 Å². The third-order valence-corrected chi connectivity index (χ3v) is 3.99. The molecule has 0 bridgehead atoms. The number of hydrogen-bond donors (Lipinski definition) is 2. The molecule has 0 spiro atoms. The van der Waals surface area contributed by atoms with E-state index in [9.17, 15) is 13.2 Å². The van der Waals surface area contributed by atoms with Crippen LogP contribution in [0.25, 0.3) is 0 Å². The lowest BCUT2D eigenvalue weighted by Crippen LogP contribution is -2.38. The Labute approximate surface area is 154 Å². The van der Waals surface area contributed by atoms with Crippen LogP contribution in [0.3, 0.4) is 0 Å². The maximum Gasteiger partial charge on any atom is 0.435 e. The summed E-state index contributed by atoms with van der Waals surface area (Å²) in [6.45, 7) is 0.743. The van der Waals surface area contributed by atoms with Crippen molar-refractivity contribution in [2.45, 2.75) is 19.1 Å². The van der Waals surface area contributed by atoms with Crippen LogP contribution in [-0.4, -0.2) is 36.1 Å². The van der Waals surface area contributed by atoms with Crippen molar-refractivity contribution in [1.82, 2.24) is 20.4 Å². The number of aryl methyl sites for hydroxylation is 1. The highest BCUT2D eigenvalue weighted by atomic mass is 19.4. The van der Waals surface area contributed by atoms with Gasteiger partial charge in [-0.05, 0) is 24.1 Å². The van der Waals surface area contributed by atoms with Gasteiger partial charge in [-0.1, -0.05) is 6.07 Å². The highest BCUT2D eigenvalue weighted by molar-refractivity contribution is 5.79. The number of hydrogen-bond acceptors (Lipinski definition) is 4. The van der Waals surface area contributed by atoms with E-state index >= 15 is 0 Å². The average Bonchev–Trinajstić information content (AvgIpc) is 3.23. The van der Waals surface area contributed by atoms with Crippen molar-refractivity contribution >= 4 is 5.96 Å². The van der Waals surface area contributed by atoms with Crippen molar-refractivity contribution < 1.29 is 22.6 Å². The fourth-order valence-corrected chi connectivity index (χ4v) is 2.73. The molecular weight excluding hydrogens is 363 g/mol. The van der Waals surface area contributed by atoms with E-state index in [1.54, 1.807) is 7.05 Å². The Balaban J connectivity index is 1.52. The van der Waals surface area contributed by atoms with E-state index in [-0.39, 0.29) is 18.9 Å². The molecule has 10 heteroatoms. The third-order valence-electron chi connectivity index (χ3n) is 3.99. The number of nitrogens with one attached hydrogen (secondary N) is 2. The number of guanidine groups is 1. The van der Waals surface area contributed by atoms with Gasteiger partial charge in [-0.2, -0.15) is 18.3 Å². The first-order chi connectivity index (χ1) is 12.9. The molecule has 1 aromatic carbocycles. The van der Waals surface area contributed by atoms with E-state index in [4.69, 9.17) is 9.47 Å². The summed E-state index contributed by atoms with van der Waals surface area (Å²) in [5.41, 5.74) is 0.214. The van der Waals surface area contributed by atoms with Crippen LogP contribution in [0.4, 0.5) is 13.2 Å². The molecule has 0 atom stereocenters. The van der Waals surface area contributed by atoms with Gasteiger partial charge in [0.2, 0.25) is 6.79 Å². The van der Waals surface area contributed by atoms with Crippen molar-refractivity contribution in [2.24, 2.45) is 12.0 Å². The molecule has 3 rings (SSSR count). The Morgan fingerprint density at radius 1 is 1.26 bits per heavy atom. The second kappa shape index (κ2) is 7.77. The molecule has 0 amide bonds. The summed E-state index contributed by atoms with van der Waals surface area (Å²) in [5, 5.41) is 9.44. The average molecular weight is 383 g/mol. The zero-order chi connectivity index (χ0) is 19.4. The molecular formula is C17H20F3N5O2. The van der Waals surface area contributed by atoms with Gasteiger partial charge in [0.05, 0.1) is 0 Å². The van der Waals surface area contributed by atoms with Crippen LogP contribution in [0.1, 0.15) is 16.8 Å². The molecule has 0 unspecified atom stereocenters. The van der Waals surface area contributed by atoms with Crippen molar-refractivity contribution in [3.63, 3.8) is 0 Å². The molecule has 2 N–H and O–H groups in total. The standard InChI is InChI=1S/C17H20F3N5O2/c1-21-16(23-8-12-9-25(2)24-15(12)17(18,19)20)22-6-5-11-3-4-13-14(7-11)27-10-26-13/h3-4,7,9H,5-6,8,10H2,1-2H3,(H2,21,22,23). The second-order valence-electron chi connectivity index (χ2n) is 5.96. The van der Waals surface area contributed by atoms with Crippen LogP contribution in [0.15, 0.2) is 29.4 Å². The summed E-state index contributed by atoms with van der Waals surface area (Å²) in [5.74, 6) is 1.85. The Hall–Kier alpha value is -2.91. The van der Waals surface area contributed by atoms with Gasteiger partial charge in [0.15, 0.2) is 23.2 Å². The second-order valence-corrected chi connectivity index (χ2v) is 5.96. The number of halogens is 3. The maximum absolute atomic E-state index is 13.0. The fourth-order valence-electron chi connectivity index (χ4n) is 2.73. The van der Waals surface area contributed by atoms with Crippen LogP contribution in [0.2, 0.25) is 0 Å². The molecule has 7 nitrogen and oxygen atoms in total. The van der Waals surface area contributed by atoms with Gasteiger partial charge in [0.1, 0.15) is 0 Å². The normalized spacial score (nSPS) is 13.7. The topological polar surface area (TPSA) is 72.7 Å². The first kappa shape index (κ1) is 18.9. The maximum atomic E-state index is 13.0. The monoisotopic (exact) mass is 383 g/mol. The Bertz CT molecular complexity index is 832. The number of ether oxygens (including phenoxy) is 2. The Morgan fingerprint density at radius 3 is 2.78 bits per heavy atom. The minimum Gasteiger partial charge on any atom is -0.454 e.